The van der Waals surface area contributed by atoms with Crippen molar-refractivity contribution in [3.8, 4) is 0 Å². The van der Waals surface area contributed by atoms with Gasteiger partial charge in [-0.05, 0) is 38.0 Å². The molecule has 5 heteroatoms. The smallest absolute Gasteiger partial charge is 0.303 e. The van der Waals surface area contributed by atoms with Crippen molar-refractivity contribution in [1.82, 2.24) is 5.32 Å². The molecule has 0 spiro atoms. The summed E-state index contributed by atoms with van der Waals surface area (Å²) in [7, 11) is 0. The molecule has 1 fully saturated rings. The van der Waals surface area contributed by atoms with E-state index >= 15 is 0 Å². The molecule has 1 aliphatic carbocycles. The van der Waals surface area contributed by atoms with Gasteiger partial charge in [-0.15, -0.1) is 0 Å². The van der Waals surface area contributed by atoms with Crippen LogP contribution in [0.4, 0.5) is 0 Å². The summed E-state index contributed by atoms with van der Waals surface area (Å²) in [5.41, 5.74) is 5.79. The standard InChI is InChI=1S/C14H26N2O3/c1-2-10(3-6-13(17)18)7-8-16-14(19)11-4-5-12(15)9-11/h10-12H,2-9,15H2,1H3,(H,16,19)(H,17,18). The summed E-state index contributed by atoms with van der Waals surface area (Å²) >= 11 is 0. The minimum absolute atomic E-state index is 0.0779. The van der Waals surface area contributed by atoms with Gasteiger partial charge >= 0.3 is 5.97 Å². The molecule has 0 radical (unpaired) electrons. The third kappa shape index (κ3) is 6.05. The monoisotopic (exact) mass is 270 g/mol. The lowest BCUT2D eigenvalue weighted by atomic mass is 9.96. The molecule has 0 aromatic carbocycles. The summed E-state index contributed by atoms with van der Waals surface area (Å²) in [4.78, 5) is 22.4. The van der Waals surface area contributed by atoms with E-state index in [4.69, 9.17) is 10.8 Å². The Morgan fingerprint density at radius 2 is 2.11 bits per heavy atom. The van der Waals surface area contributed by atoms with Gasteiger partial charge in [-0.25, -0.2) is 0 Å². The minimum atomic E-state index is -0.748. The first kappa shape index (κ1) is 16.0. The summed E-state index contributed by atoms with van der Waals surface area (Å²) in [6.45, 7) is 2.70. The van der Waals surface area contributed by atoms with Crippen LogP contribution in [0, 0.1) is 11.8 Å². The summed E-state index contributed by atoms with van der Waals surface area (Å²) in [5.74, 6) is -0.181. The van der Waals surface area contributed by atoms with E-state index in [9.17, 15) is 9.59 Å². The van der Waals surface area contributed by atoms with Crippen molar-refractivity contribution < 1.29 is 14.7 Å². The second-order valence-corrected chi connectivity index (χ2v) is 5.56. The van der Waals surface area contributed by atoms with Crippen molar-refractivity contribution in [3.05, 3.63) is 0 Å². The van der Waals surface area contributed by atoms with Crippen LogP contribution in [0.5, 0.6) is 0 Å². The van der Waals surface area contributed by atoms with Crippen LogP contribution < -0.4 is 11.1 Å². The number of carbonyl (C=O) groups is 2. The summed E-state index contributed by atoms with van der Waals surface area (Å²) in [5, 5.41) is 11.6. The SMILES string of the molecule is CCC(CCNC(=O)C1CCC(N)C1)CCC(=O)O. The third-order valence-electron chi connectivity index (χ3n) is 4.04. The Hall–Kier alpha value is -1.10. The number of hydrogen-bond acceptors (Lipinski definition) is 3. The largest absolute Gasteiger partial charge is 0.481 e. The first-order chi connectivity index (χ1) is 9.02. The van der Waals surface area contributed by atoms with Crippen LogP contribution in [0.15, 0.2) is 0 Å². The predicted molar refractivity (Wildman–Crippen MR) is 73.6 cm³/mol. The Kier molecular flexibility index (Phi) is 6.84. The highest BCUT2D eigenvalue weighted by molar-refractivity contribution is 5.78. The summed E-state index contributed by atoms with van der Waals surface area (Å²) in [6.07, 6.45) is 5.34. The second kappa shape index (κ2) is 8.15. The number of rotatable bonds is 8. The van der Waals surface area contributed by atoms with E-state index in [-0.39, 0.29) is 24.3 Å². The molecule has 19 heavy (non-hydrogen) atoms. The highest BCUT2D eigenvalue weighted by atomic mass is 16.4. The van der Waals surface area contributed by atoms with Crippen LogP contribution >= 0.6 is 0 Å². The summed E-state index contributed by atoms with van der Waals surface area (Å²) in [6, 6.07) is 0.176. The molecule has 1 rings (SSSR count). The Bertz CT molecular complexity index is 307. The zero-order chi connectivity index (χ0) is 14.3. The molecule has 1 aliphatic rings. The minimum Gasteiger partial charge on any atom is -0.481 e. The van der Waals surface area contributed by atoms with E-state index in [1.807, 2.05) is 0 Å². The van der Waals surface area contributed by atoms with Gasteiger partial charge in [0, 0.05) is 24.9 Å². The van der Waals surface area contributed by atoms with E-state index in [1.165, 1.54) is 0 Å². The molecule has 4 N–H and O–H groups in total. The van der Waals surface area contributed by atoms with Crippen molar-refractivity contribution in [2.45, 2.75) is 57.9 Å². The third-order valence-corrected chi connectivity index (χ3v) is 4.04. The molecular weight excluding hydrogens is 244 g/mol. The second-order valence-electron chi connectivity index (χ2n) is 5.56. The van der Waals surface area contributed by atoms with Crippen LogP contribution in [0.25, 0.3) is 0 Å². The van der Waals surface area contributed by atoms with Gasteiger partial charge < -0.3 is 16.2 Å². The molecule has 0 aromatic heterocycles. The highest BCUT2D eigenvalue weighted by Crippen LogP contribution is 2.24. The fraction of sp³-hybridized carbons (Fsp3) is 0.857. The zero-order valence-electron chi connectivity index (χ0n) is 11.7. The van der Waals surface area contributed by atoms with E-state index in [0.717, 1.165) is 32.1 Å². The molecule has 3 unspecified atom stereocenters. The van der Waals surface area contributed by atoms with Gasteiger partial charge in [0.2, 0.25) is 5.91 Å². The molecule has 0 saturated heterocycles. The fourth-order valence-electron chi connectivity index (χ4n) is 2.68. The van der Waals surface area contributed by atoms with E-state index < -0.39 is 5.97 Å². The van der Waals surface area contributed by atoms with Crippen molar-refractivity contribution in [1.29, 1.82) is 0 Å². The molecular formula is C14H26N2O3. The average Bonchev–Trinajstić information content (AvgIpc) is 2.79. The van der Waals surface area contributed by atoms with Gasteiger partial charge in [-0.2, -0.15) is 0 Å². The van der Waals surface area contributed by atoms with Gasteiger partial charge in [0.1, 0.15) is 0 Å². The number of nitrogens with two attached hydrogens (primary N) is 1. The maximum absolute atomic E-state index is 11.9. The average molecular weight is 270 g/mol. The predicted octanol–water partition coefficient (Wildman–Crippen LogP) is 1.51. The first-order valence-electron chi connectivity index (χ1n) is 7.28. The van der Waals surface area contributed by atoms with Gasteiger partial charge in [-0.3, -0.25) is 9.59 Å². The Labute approximate surface area is 114 Å². The molecule has 0 aromatic rings. The normalized spacial score (nSPS) is 24.1. The maximum atomic E-state index is 11.9. The van der Waals surface area contributed by atoms with Crippen LogP contribution in [0.3, 0.4) is 0 Å². The lowest BCUT2D eigenvalue weighted by Gasteiger charge is -2.15. The fourth-order valence-corrected chi connectivity index (χ4v) is 2.68. The lowest BCUT2D eigenvalue weighted by Crippen LogP contribution is -2.32. The van der Waals surface area contributed by atoms with Crippen molar-refractivity contribution in [3.63, 3.8) is 0 Å². The van der Waals surface area contributed by atoms with E-state index in [1.54, 1.807) is 0 Å². The molecule has 1 saturated carbocycles. The molecule has 1 amide bonds. The number of carboxylic acids is 1. The molecule has 5 nitrogen and oxygen atoms in total. The lowest BCUT2D eigenvalue weighted by molar-refractivity contribution is -0.137. The van der Waals surface area contributed by atoms with Crippen molar-refractivity contribution >= 4 is 11.9 Å². The number of amides is 1. The number of hydrogen-bond donors (Lipinski definition) is 3. The van der Waals surface area contributed by atoms with Crippen LogP contribution in [0.1, 0.15) is 51.9 Å². The molecule has 3 atom stereocenters. The molecule has 0 heterocycles. The highest BCUT2D eigenvalue weighted by Gasteiger charge is 2.27. The maximum Gasteiger partial charge on any atom is 0.303 e. The Morgan fingerprint density at radius 1 is 1.37 bits per heavy atom. The molecule has 110 valence electrons. The van der Waals surface area contributed by atoms with E-state index in [0.29, 0.717) is 18.9 Å². The van der Waals surface area contributed by atoms with Gasteiger partial charge in [0.05, 0.1) is 0 Å². The quantitative estimate of drug-likeness (QED) is 0.623. The molecule has 0 bridgehead atoms. The first-order valence-corrected chi connectivity index (χ1v) is 7.28. The molecule has 0 aliphatic heterocycles. The summed E-state index contributed by atoms with van der Waals surface area (Å²) < 4.78 is 0. The number of carbonyl (C=O) groups excluding carboxylic acids is 1. The zero-order valence-corrected chi connectivity index (χ0v) is 11.7. The number of carboxylic acid groups (broad SMARTS) is 1. The number of nitrogens with one attached hydrogen (secondary N) is 1. The number of aliphatic carboxylic acids is 1. The van der Waals surface area contributed by atoms with Gasteiger partial charge in [-0.1, -0.05) is 13.3 Å². The van der Waals surface area contributed by atoms with Gasteiger partial charge in [0.15, 0.2) is 0 Å². The van der Waals surface area contributed by atoms with Crippen molar-refractivity contribution in [2.75, 3.05) is 6.54 Å². The van der Waals surface area contributed by atoms with Crippen LogP contribution in [0.2, 0.25) is 0 Å². The van der Waals surface area contributed by atoms with Crippen molar-refractivity contribution in [2.24, 2.45) is 17.6 Å². The van der Waals surface area contributed by atoms with Gasteiger partial charge in [0.25, 0.3) is 0 Å². The van der Waals surface area contributed by atoms with Crippen LogP contribution in [-0.2, 0) is 9.59 Å². The Morgan fingerprint density at radius 3 is 2.63 bits per heavy atom. The Balaban J connectivity index is 2.17. The van der Waals surface area contributed by atoms with Crippen LogP contribution in [-0.4, -0.2) is 29.6 Å². The van der Waals surface area contributed by atoms with E-state index in [2.05, 4.69) is 12.2 Å². The topological polar surface area (TPSA) is 92.4 Å².